The van der Waals surface area contributed by atoms with Crippen LogP contribution < -0.4 is 10.6 Å². The molecule has 0 aliphatic heterocycles. The molecule has 0 spiro atoms. The fourth-order valence-electron chi connectivity index (χ4n) is 3.98. The quantitative estimate of drug-likeness (QED) is 0.314. The lowest BCUT2D eigenvalue weighted by molar-refractivity contribution is -0.137. The van der Waals surface area contributed by atoms with Crippen molar-refractivity contribution in [3.05, 3.63) is 94.1 Å². The van der Waals surface area contributed by atoms with Crippen molar-refractivity contribution >= 4 is 34.6 Å². The second kappa shape index (κ2) is 11.2. The Labute approximate surface area is 219 Å². The van der Waals surface area contributed by atoms with Crippen molar-refractivity contribution in [2.75, 3.05) is 0 Å². The van der Waals surface area contributed by atoms with E-state index in [0.717, 1.165) is 12.1 Å². The predicted molar refractivity (Wildman–Crippen MR) is 133 cm³/mol. The number of halogens is 5. The van der Waals surface area contributed by atoms with Gasteiger partial charge in [-0.2, -0.15) is 13.2 Å². The van der Waals surface area contributed by atoms with Gasteiger partial charge in [-0.25, -0.2) is 14.4 Å². The van der Waals surface area contributed by atoms with Gasteiger partial charge in [0.15, 0.2) is 5.65 Å². The average Bonchev–Trinajstić information content (AvgIpc) is 3.21. The van der Waals surface area contributed by atoms with Gasteiger partial charge in [-0.05, 0) is 41.5 Å². The number of hydrogen-bond acceptors (Lipinski definition) is 4. The number of nitrogens with zero attached hydrogens (tertiary/aromatic N) is 3. The van der Waals surface area contributed by atoms with Crippen molar-refractivity contribution in [3.8, 4) is 0 Å². The van der Waals surface area contributed by atoms with Crippen LogP contribution >= 0.6 is 11.6 Å². The van der Waals surface area contributed by atoms with E-state index in [0.29, 0.717) is 22.6 Å². The van der Waals surface area contributed by atoms with Crippen LogP contribution in [0.15, 0.2) is 60.8 Å². The highest BCUT2D eigenvalue weighted by Gasteiger charge is 2.31. The first-order valence-corrected chi connectivity index (χ1v) is 11.8. The van der Waals surface area contributed by atoms with E-state index < -0.39 is 35.4 Å². The van der Waals surface area contributed by atoms with Crippen molar-refractivity contribution in [1.29, 1.82) is 0 Å². The van der Waals surface area contributed by atoms with Gasteiger partial charge in [0.1, 0.15) is 23.2 Å². The lowest BCUT2D eigenvalue weighted by Gasteiger charge is -2.19. The van der Waals surface area contributed by atoms with Crippen LogP contribution in [0, 0.1) is 5.82 Å². The third-order valence-electron chi connectivity index (χ3n) is 5.72. The minimum Gasteiger partial charge on any atom is -0.347 e. The van der Waals surface area contributed by atoms with E-state index in [1.54, 1.807) is 29.0 Å². The summed E-state index contributed by atoms with van der Waals surface area (Å²) >= 11 is 5.92. The molecule has 7 nitrogen and oxygen atoms in total. The first-order valence-electron chi connectivity index (χ1n) is 11.5. The SMILES string of the molecule is CC(=O)NC(Cc1cccc(C(F)(F)F)c1)C(=O)NCc1nc2cccnc2n1Cc1ccc(F)c(Cl)c1. The summed E-state index contributed by atoms with van der Waals surface area (Å²) in [5.74, 6) is -1.25. The summed E-state index contributed by atoms with van der Waals surface area (Å²) in [6.07, 6.45) is -3.10. The minimum absolute atomic E-state index is 0.0394. The Kier molecular flexibility index (Phi) is 7.96. The third kappa shape index (κ3) is 6.46. The maximum atomic E-state index is 13.6. The molecule has 0 radical (unpaired) electrons. The van der Waals surface area contributed by atoms with E-state index >= 15 is 0 Å². The molecular formula is C26H22ClF4N5O2. The highest BCUT2D eigenvalue weighted by atomic mass is 35.5. The predicted octanol–water partition coefficient (Wildman–Crippen LogP) is 4.65. The normalized spacial score (nSPS) is 12.4. The molecule has 4 aromatic rings. The Morgan fingerprint density at radius 3 is 2.58 bits per heavy atom. The number of fused-ring (bicyclic) bond motifs is 1. The summed E-state index contributed by atoms with van der Waals surface area (Å²) in [7, 11) is 0. The maximum absolute atomic E-state index is 13.6. The molecule has 198 valence electrons. The van der Waals surface area contributed by atoms with Crippen molar-refractivity contribution in [3.63, 3.8) is 0 Å². The van der Waals surface area contributed by atoms with Gasteiger partial charge in [0, 0.05) is 19.5 Å². The molecule has 12 heteroatoms. The second-order valence-electron chi connectivity index (χ2n) is 8.58. The molecule has 0 saturated heterocycles. The van der Waals surface area contributed by atoms with E-state index in [9.17, 15) is 27.2 Å². The zero-order chi connectivity index (χ0) is 27.4. The van der Waals surface area contributed by atoms with Gasteiger partial charge in [0.05, 0.1) is 23.7 Å². The number of hydrogen-bond donors (Lipinski definition) is 2. The minimum atomic E-state index is -4.54. The maximum Gasteiger partial charge on any atom is 0.416 e. The molecule has 1 atom stereocenters. The zero-order valence-corrected chi connectivity index (χ0v) is 20.8. The van der Waals surface area contributed by atoms with Crippen molar-refractivity contribution in [2.24, 2.45) is 0 Å². The number of aromatic nitrogens is 3. The number of carbonyl (C=O) groups is 2. The summed E-state index contributed by atoms with van der Waals surface area (Å²) in [5, 5.41) is 5.16. The van der Waals surface area contributed by atoms with Crippen LogP contribution in [-0.2, 0) is 35.3 Å². The monoisotopic (exact) mass is 547 g/mol. The number of amides is 2. The third-order valence-corrected chi connectivity index (χ3v) is 6.01. The molecule has 2 aromatic heterocycles. The summed E-state index contributed by atoms with van der Waals surface area (Å²) in [4.78, 5) is 33.7. The van der Waals surface area contributed by atoms with Gasteiger partial charge < -0.3 is 15.2 Å². The molecule has 38 heavy (non-hydrogen) atoms. The highest BCUT2D eigenvalue weighted by molar-refractivity contribution is 6.30. The second-order valence-corrected chi connectivity index (χ2v) is 8.99. The topological polar surface area (TPSA) is 88.9 Å². The standard InChI is InChI=1S/C26H22ClF4N5O2/c1-15(37)34-22(12-16-4-2-5-18(10-16)26(29,30)31)25(38)33-13-23-35-21-6-3-9-32-24(21)36(23)14-17-7-8-20(28)19(27)11-17/h2-11,22H,12-14H2,1H3,(H,33,38)(H,34,37). The van der Waals surface area contributed by atoms with Crippen LogP contribution in [0.25, 0.3) is 11.2 Å². The molecule has 0 bridgehead atoms. The van der Waals surface area contributed by atoms with Gasteiger partial charge in [0.2, 0.25) is 11.8 Å². The van der Waals surface area contributed by atoms with Crippen molar-refractivity contribution in [1.82, 2.24) is 25.2 Å². The fraction of sp³-hybridized carbons (Fsp3) is 0.231. The Hall–Kier alpha value is -3.99. The molecule has 0 aliphatic carbocycles. The van der Waals surface area contributed by atoms with Gasteiger partial charge in [-0.1, -0.05) is 35.9 Å². The van der Waals surface area contributed by atoms with E-state index in [1.807, 2.05) is 0 Å². The number of benzene rings is 2. The largest absolute Gasteiger partial charge is 0.416 e. The number of rotatable bonds is 8. The summed E-state index contributed by atoms with van der Waals surface area (Å²) in [6, 6.07) is 11.2. The Morgan fingerprint density at radius 1 is 1.08 bits per heavy atom. The first kappa shape index (κ1) is 27.1. The van der Waals surface area contributed by atoms with Crippen LogP contribution in [0.1, 0.15) is 29.4 Å². The van der Waals surface area contributed by atoms with E-state index in [-0.39, 0.29) is 30.1 Å². The number of nitrogens with one attached hydrogen (secondary N) is 2. The Balaban J connectivity index is 1.55. The van der Waals surface area contributed by atoms with Gasteiger partial charge in [-0.15, -0.1) is 0 Å². The lowest BCUT2D eigenvalue weighted by atomic mass is 10.0. The van der Waals surface area contributed by atoms with Crippen LogP contribution in [0.5, 0.6) is 0 Å². The number of carbonyl (C=O) groups excluding carboxylic acids is 2. The fourth-order valence-corrected chi connectivity index (χ4v) is 4.18. The van der Waals surface area contributed by atoms with E-state index in [2.05, 4.69) is 20.6 Å². The molecule has 1 unspecified atom stereocenters. The molecule has 0 saturated carbocycles. The number of pyridine rings is 1. The zero-order valence-electron chi connectivity index (χ0n) is 20.0. The van der Waals surface area contributed by atoms with Crippen LogP contribution in [0.4, 0.5) is 17.6 Å². The average molecular weight is 548 g/mol. The molecule has 2 heterocycles. The van der Waals surface area contributed by atoms with Crippen molar-refractivity contribution in [2.45, 2.75) is 38.7 Å². The van der Waals surface area contributed by atoms with Gasteiger partial charge in [0.25, 0.3) is 0 Å². The van der Waals surface area contributed by atoms with Crippen LogP contribution in [0.3, 0.4) is 0 Å². The van der Waals surface area contributed by atoms with Crippen LogP contribution in [0.2, 0.25) is 5.02 Å². The van der Waals surface area contributed by atoms with Crippen molar-refractivity contribution < 1.29 is 27.2 Å². The Bertz CT molecular complexity index is 1490. The lowest BCUT2D eigenvalue weighted by Crippen LogP contribution is -2.47. The molecule has 2 amide bonds. The molecule has 0 fully saturated rings. The molecule has 2 aromatic carbocycles. The highest BCUT2D eigenvalue weighted by Crippen LogP contribution is 2.29. The number of alkyl halides is 3. The molecular weight excluding hydrogens is 526 g/mol. The smallest absolute Gasteiger partial charge is 0.347 e. The summed E-state index contributed by atoms with van der Waals surface area (Å²) < 4.78 is 54.7. The molecule has 0 aliphatic rings. The number of imidazole rings is 1. The Morgan fingerprint density at radius 2 is 1.87 bits per heavy atom. The first-order chi connectivity index (χ1) is 18.0. The van der Waals surface area contributed by atoms with E-state index in [4.69, 9.17) is 11.6 Å². The summed E-state index contributed by atoms with van der Waals surface area (Å²) in [5.41, 5.74) is 1.15. The molecule has 4 rings (SSSR count). The van der Waals surface area contributed by atoms with Gasteiger partial charge in [-0.3, -0.25) is 9.59 Å². The van der Waals surface area contributed by atoms with Crippen LogP contribution in [-0.4, -0.2) is 32.4 Å². The van der Waals surface area contributed by atoms with Gasteiger partial charge >= 0.3 is 6.18 Å². The molecule has 2 N–H and O–H groups in total. The van der Waals surface area contributed by atoms with E-state index in [1.165, 1.54) is 31.2 Å². The summed E-state index contributed by atoms with van der Waals surface area (Å²) in [6.45, 7) is 1.38.